The molecule has 1 aliphatic rings. The van der Waals surface area contributed by atoms with Gasteiger partial charge >= 0.3 is 0 Å². The van der Waals surface area contributed by atoms with Crippen LogP contribution in [0.15, 0.2) is 36.5 Å². The van der Waals surface area contributed by atoms with Crippen LogP contribution >= 0.6 is 0 Å². The molecule has 1 aromatic heterocycles. The predicted molar refractivity (Wildman–Crippen MR) is 104 cm³/mol. The minimum atomic E-state index is 0.273. The highest BCUT2D eigenvalue weighted by Gasteiger charge is 2.23. The SMILES string of the molecule is COc1ccc2c(c[n+](C)c3c4cc5c(cc4c(C)cc23)OCO5)c1OC. The summed E-state index contributed by atoms with van der Waals surface area (Å²) in [6, 6.07) is 10.4. The Balaban J connectivity index is 1.98. The first kappa shape index (κ1) is 16.0. The summed E-state index contributed by atoms with van der Waals surface area (Å²) in [5, 5.41) is 5.63. The third-order valence-electron chi connectivity index (χ3n) is 5.36. The van der Waals surface area contributed by atoms with Crippen LogP contribution in [0.5, 0.6) is 23.0 Å². The fourth-order valence-corrected chi connectivity index (χ4v) is 4.13. The molecular formula is C22H20NO4+. The number of rotatable bonds is 2. The van der Waals surface area contributed by atoms with E-state index in [1.807, 2.05) is 6.07 Å². The Labute approximate surface area is 156 Å². The normalized spacial score (nSPS) is 12.9. The molecule has 0 unspecified atom stereocenters. The maximum atomic E-state index is 5.66. The first-order chi connectivity index (χ1) is 13.1. The first-order valence-electron chi connectivity index (χ1n) is 8.82. The molecule has 5 rings (SSSR count). The van der Waals surface area contributed by atoms with E-state index < -0.39 is 0 Å². The van der Waals surface area contributed by atoms with Gasteiger partial charge in [0, 0.05) is 5.39 Å². The number of ether oxygens (including phenoxy) is 4. The second-order valence-electron chi connectivity index (χ2n) is 6.84. The highest BCUT2D eigenvalue weighted by Crippen LogP contribution is 2.42. The van der Waals surface area contributed by atoms with Crippen LogP contribution in [-0.2, 0) is 7.05 Å². The second kappa shape index (κ2) is 5.64. The lowest BCUT2D eigenvalue weighted by molar-refractivity contribution is -0.642. The zero-order valence-electron chi connectivity index (χ0n) is 15.8. The molecule has 0 amide bonds. The van der Waals surface area contributed by atoms with Gasteiger partial charge in [0.05, 0.1) is 30.4 Å². The summed E-state index contributed by atoms with van der Waals surface area (Å²) in [6.45, 7) is 2.40. The Bertz CT molecular complexity index is 1250. The molecule has 0 fully saturated rings. The van der Waals surface area contributed by atoms with Crippen LogP contribution in [0.4, 0.5) is 0 Å². The molecule has 0 saturated carbocycles. The average Bonchev–Trinajstić information content (AvgIpc) is 3.13. The number of methoxy groups -OCH3 is 2. The van der Waals surface area contributed by atoms with E-state index in [1.54, 1.807) is 14.2 Å². The van der Waals surface area contributed by atoms with Crippen molar-refractivity contribution in [3.8, 4) is 23.0 Å². The first-order valence-corrected chi connectivity index (χ1v) is 8.82. The summed E-state index contributed by atoms with van der Waals surface area (Å²) < 4.78 is 24.5. The third-order valence-corrected chi connectivity index (χ3v) is 5.36. The van der Waals surface area contributed by atoms with Crippen LogP contribution in [0, 0.1) is 6.92 Å². The molecule has 0 atom stereocenters. The highest BCUT2D eigenvalue weighted by molar-refractivity contribution is 6.16. The van der Waals surface area contributed by atoms with E-state index >= 15 is 0 Å². The topological polar surface area (TPSA) is 40.8 Å². The zero-order chi connectivity index (χ0) is 18.7. The van der Waals surface area contributed by atoms with Gasteiger partial charge in [0.1, 0.15) is 7.05 Å². The van der Waals surface area contributed by atoms with Crippen molar-refractivity contribution in [2.45, 2.75) is 6.92 Å². The number of aromatic nitrogens is 1. The van der Waals surface area contributed by atoms with Gasteiger partial charge < -0.3 is 18.9 Å². The van der Waals surface area contributed by atoms with E-state index in [9.17, 15) is 0 Å². The summed E-state index contributed by atoms with van der Waals surface area (Å²) >= 11 is 0. The van der Waals surface area contributed by atoms with Crippen LogP contribution in [0.25, 0.3) is 32.4 Å². The Morgan fingerprint density at radius 1 is 0.852 bits per heavy atom. The molecule has 1 aliphatic heterocycles. The maximum Gasteiger partial charge on any atom is 0.231 e. The van der Waals surface area contributed by atoms with Crippen molar-refractivity contribution in [1.82, 2.24) is 0 Å². The summed E-state index contributed by atoms with van der Waals surface area (Å²) in [5.74, 6) is 3.07. The van der Waals surface area contributed by atoms with Gasteiger partial charge in [0.25, 0.3) is 0 Å². The van der Waals surface area contributed by atoms with Crippen molar-refractivity contribution >= 4 is 32.4 Å². The van der Waals surface area contributed by atoms with E-state index in [2.05, 4.69) is 49.0 Å². The van der Waals surface area contributed by atoms with E-state index in [0.717, 1.165) is 44.7 Å². The van der Waals surface area contributed by atoms with Crippen LogP contribution < -0.4 is 23.5 Å². The Morgan fingerprint density at radius 2 is 1.56 bits per heavy atom. The number of benzene rings is 3. The van der Waals surface area contributed by atoms with Crippen molar-refractivity contribution in [2.75, 3.05) is 21.0 Å². The van der Waals surface area contributed by atoms with Crippen molar-refractivity contribution < 1.29 is 23.5 Å². The van der Waals surface area contributed by atoms with Gasteiger partial charge in [-0.1, -0.05) is 0 Å². The summed E-state index contributed by atoms with van der Waals surface area (Å²) in [5.41, 5.74) is 2.34. The monoisotopic (exact) mass is 362 g/mol. The smallest absolute Gasteiger partial charge is 0.231 e. The minimum absolute atomic E-state index is 0.273. The van der Waals surface area contributed by atoms with Gasteiger partial charge in [0.15, 0.2) is 29.2 Å². The number of hydrogen-bond acceptors (Lipinski definition) is 4. The van der Waals surface area contributed by atoms with Gasteiger partial charge in [-0.2, -0.15) is 4.57 Å². The van der Waals surface area contributed by atoms with E-state index in [1.165, 1.54) is 16.3 Å². The molecule has 0 spiro atoms. The lowest BCUT2D eigenvalue weighted by atomic mass is 9.96. The molecule has 0 aliphatic carbocycles. The number of aryl methyl sites for hydroxylation is 2. The molecule has 3 aromatic carbocycles. The van der Waals surface area contributed by atoms with E-state index in [-0.39, 0.29) is 6.79 Å². The number of nitrogens with zero attached hydrogens (tertiary/aromatic N) is 1. The zero-order valence-corrected chi connectivity index (χ0v) is 15.8. The fourth-order valence-electron chi connectivity index (χ4n) is 4.13. The van der Waals surface area contributed by atoms with Crippen molar-refractivity contribution in [3.05, 3.63) is 42.1 Å². The van der Waals surface area contributed by atoms with Gasteiger partial charge in [-0.25, -0.2) is 0 Å². The Kier molecular flexibility index (Phi) is 3.34. The van der Waals surface area contributed by atoms with E-state index in [0.29, 0.717) is 0 Å². The van der Waals surface area contributed by atoms with Crippen molar-refractivity contribution in [1.29, 1.82) is 0 Å². The second-order valence-corrected chi connectivity index (χ2v) is 6.84. The molecule has 5 nitrogen and oxygen atoms in total. The predicted octanol–water partition coefficient (Wildman–Crippen LogP) is 4.03. The quantitative estimate of drug-likeness (QED) is 0.399. The van der Waals surface area contributed by atoms with Crippen molar-refractivity contribution in [3.63, 3.8) is 0 Å². The average molecular weight is 362 g/mol. The number of hydrogen-bond donors (Lipinski definition) is 0. The Morgan fingerprint density at radius 3 is 2.26 bits per heavy atom. The van der Waals surface area contributed by atoms with Gasteiger partial charge in [-0.3, -0.25) is 0 Å². The fraction of sp³-hybridized carbons (Fsp3) is 0.227. The highest BCUT2D eigenvalue weighted by atomic mass is 16.7. The molecule has 0 saturated heterocycles. The summed E-state index contributed by atoms with van der Waals surface area (Å²) in [4.78, 5) is 0. The van der Waals surface area contributed by atoms with Gasteiger partial charge in [0.2, 0.25) is 12.3 Å². The lowest BCUT2D eigenvalue weighted by Crippen LogP contribution is -2.28. The van der Waals surface area contributed by atoms with E-state index in [4.69, 9.17) is 18.9 Å². The Hall–Kier alpha value is -3.21. The molecule has 2 heterocycles. The molecule has 0 bridgehead atoms. The lowest BCUT2D eigenvalue weighted by Gasteiger charge is -2.13. The molecule has 5 heteroatoms. The summed E-state index contributed by atoms with van der Waals surface area (Å²) in [6.07, 6.45) is 2.10. The molecule has 27 heavy (non-hydrogen) atoms. The molecule has 136 valence electrons. The van der Waals surface area contributed by atoms with Crippen LogP contribution in [0.1, 0.15) is 5.56 Å². The largest absolute Gasteiger partial charge is 0.493 e. The van der Waals surface area contributed by atoms with Crippen LogP contribution in [0.3, 0.4) is 0 Å². The molecule has 4 aromatic rings. The van der Waals surface area contributed by atoms with Gasteiger partial charge in [-0.15, -0.1) is 0 Å². The molecular weight excluding hydrogens is 342 g/mol. The number of pyridine rings is 1. The van der Waals surface area contributed by atoms with Gasteiger partial charge in [-0.05, 0) is 48.2 Å². The van der Waals surface area contributed by atoms with Crippen molar-refractivity contribution in [2.24, 2.45) is 7.05 Å². The molecule has 0 N–H and O–H groups in total. The summed E-state index contributed by atoms with van der Waals surface area (Å²) in [7, 11) is 5.39. The number of fused-ring (bicyclic) bond motifs is 6. The molecule has 0 radical (unpaired) electrons. The van der Waals surface area contributed by atoms with Crippen LogP contribution in [-0.4, -0.2) is 21.0 Å². The standard InChI is InChI=1S/C22H20NO4/c1-12-7-15-13-5-6-18(24-3)22(25-4)17(13)10-23(2)21(15)16-9-20-19(8-14(12)16)26-11-27-20/h5-10H,11H2,1-4H3/q+1. The third kappa shape index (κ3) is 2.14. The minimum Gasteiger partial charge on any atom is -0.493 e. The van der Waals surface area contributed by atoms with Crippen LogP contribution in [0.2, 0.25) is 0 Å². The maximum absolute atomic E-state index is 5.66.